The Morgan fingerprint density at radius 3 is 1.44 bits per heavy atom. The number of hydrogen-bond acceptors (Lipinski definition) is 1. The molecule has 0 N–H and O–H groups in total. The summed E-state index contributed by atoms with van der Waals surface area (Å²) in [5.41, 5.74) is 23.5. The van der Waals surface area contributed by atoms with Crippen LogP contribution in [0.4, 0.5) is 17.1 Å². The van der Waals surface area contributed by atoms with Crippen molar-refractivity contribution in [2.24, 2.45) is 0 Å². The molecular formula is C72H57N. The molecule has 350 valence electrons. The molecule has 0 aromatic heterocycles. The van der Waals surface area contributed by atoms with Gasteiger partial charge in [-0.1, -0.05) is 252 Å². The first-order valence-corrected chi connectivity index (χ1v) is 25.9. The Balaban J connectivity index is 0.936. The Hall–Kier alpha value is -8.52. The van der Waals surface area contributed by atoms with Crippen LogP contribution in [-0.2, 0) is 16.2 Å². The molecule has 0 saturated heterocycles. The van der Waals surface area contributed by atoms with Gasteiger partial charge in [-0.3, -0.25) is 0 Å². The predicted molar refractivity (Wildman–Crippen MR) is 308 cm³/mol. The maximum absolute atomic E-state index is 2.61. The van der Waals surface area contributed by atoms with Gasteiger partial charge in [0.1, 0.15) is 0 Å². The molecule has 0 atom stereocenters. The summed E-state index contributed by atoms with van der Waals surface area (Å²) in [6, 6.07) is 97.0. The molecule has 1 nitrogen and oxygen atoms in total. The van der Waals surface area contributed by atoms with Gasteiger partial charge in [-0.15, -0.1) is 0 Å². The van der Waals surface area contributed by atoms with Crippen LogP contribution in [0.25, 0.3) is 66.4 Å². The molecule has 0 heterocycles. The summed E-state index contributed by atoms with van der Waals surface area (Å²) in [5, 5.41) is 2.43. The number of rotatable bonds is 9. The van der Waals surface area contributed by atoms with Crippen LogP contribution in [0.1, 0.15) is 67.5 Å². The van der Waals surface area contributed by atoms with Gasteiger partial charge in [0.15, 0.2) is 0 Å². The summed E-state index contributed by atoms with van der Waals surface area (Å²) < 4.78 is 0. The summed E-state index contributed by atoms with van der Waals surface area (Å²) in [6.45, 7) is 9.75. The molecule has 2 aliphatic carbocycles. The van der Waals surface area contributed by atoms with Gasteiger partial charge in [0.25, 0.3) is 0 Å². The van der Waals surface area contributed by atoms with Crippen LogP contribution < -0.4 is 4.90 Å². The average Bonchev–Trinajstić information content (AvgIpc) is 3.84. The van der Waals surface area contributed by atoms with Crippen LogP contribution >= 0.6 is 0 Å². The van der Waals surface area contributed by atoms with Crippen LogP contribution in [0.3, 0.4) is 0 Å². The highest BCUT2D eigenvalue weighted by Gasteiger charge is 2.51. The molecule has 11 aromatic rings. The topological polar surface area (TPSA) is 3.24 Å². The Kier molecular flexibility index (Phi) is 10.6. The second kappa shape index (κ2) is 17.4. The fourth-order valence-electron chi connectivity index (χ4n) is 13.1. The van der Waals surface area contributed by atoms with Gasteiger partial charge in [0, 0.05) is 16.9 Å². The molecule has 0 unspecified atom stereocenters. The quantitative estimate of drug-likeness (QED) is 0.139. The zero-order valence-electron chi connectivity index (χ0n) is 42.0. The van der Waals surface area contributed by atoms with Crippen molar-refractivity contribution in [1.29, 1.82) is 0 Å². The van der Waals surface area contributed by atoms with Crippen molar-refractivity contribution in [3.8, 4) is 55.6 Å². The summed E-state index contributed by atoms with van der Waals surface area (Å²) >= 11 is 0. The maximum Gasteiger partial charge on any atom is 0.0719 e. The van der Waals surface area contributed by atoms with Crippen LogP contribution in [0.15, 0.2) is 261 Å². The Bertz CT molecular complexity index is 3790. The van der Waals surface area contributed by atoms with E-state index in [1.807, 2.05) is 0 Å². The SMILES string of the molecule is CC1(C)CC(C)(C)c2cc3c(cc21)-c1cccc(-c2ccc(-c4ccc(N(c5ccc6ccccc6c5)c5cccc(-c6ccccc6)c5-c5ccccc5)cc4)cc2)c1C3(c1ccccc1)c1ccccc1. The first-order chi connectivity index (χ1) is 35.7. The van der Waals surface area contributed by atoms with Gasteiger partial charge in [0.2, 0.25) is 0 Å². The van der Waals surface area contributed by atoms with E-state index in [0.29, 0.717) is 0 Å². The zero-order chi connectivity index (χ0) is 49.3. The van der Waals surface area contributed by atoms with E-state index in [4.69, 9.17) is 0 Å². The largest absolute Gasteiger partial charge is 0.310 e. The molecule has 0 saturated carbocycles. The summed E-state index contributed by atoms with van der Waals surface area (Å²) in [5.74, 6) is 0. The summed E-state index contributed by atoms with van der Waals surface area (Å²) in [6.07, 6.45) is 1.13. The van der Waals surface area contributed by atoms with Crippen LogP contribution in [0, 0.1) is 0 Å². The third-order valence-corrected chi connectivity index (χ3v) is 16.1. The molecular weight excluding hydrogens is 879 g/mol. The number of fused-ring (bicyclic) bond motifs is 5. The fraction of sp³-hybridized carbons (Fsp3) is 0.111. The smallest absolute Gasteiger partial charge is 0.0719 e. The molecule has 0 aliphatic heterocycles. The lowest BCUT2D eigenvalue weighted by Crippen LogP contribution is -2.29. The lowest BCUT2D eigenvalue weighted by Gasteiger charge is -2.36. The van der Waals surface area contributed by atoms with Gasteiger partial charge < -0.3 is 4.90 Å². The van der Waals surface area contributed by atoms with Crippen molar-refractivity contribution in [3.63, 3.8) is 0 Å². The monoisotopic (exact) mass is 935 g/mol. The number of benzene rings is 11. The maximum atomic E-state index is 2.61. The molecule has 0 spiro atoms. The normalized spacial score (nSPS) is 14.6. The fourth-order valence-corrected chi connectivity index (χ4v) is 13.1. The highest BCUT2D eigenvalue weighted by molar-refractivity contribution is 5.99. The van der Waals surface area contributed by atoms with E-state index in [9.17, 15) is 0 Å². The van der Waals surface area contributed by atoms with E-state index in [1.165, 1.54) is 99.8 Å². The first-order valence-electron chi connectivity index (χ1n) is 25.9. The zero-order valence-corrected chi connectivity index (χ0v) is 42.0. The number of hydrogen-bond donors (Lipinski definition) is 0. The minimum atomic E-state index is -0.520. The van der Waals surface area contributed by atoms with E-state index in [-0.39, 0.29) is 10.8 Å². The standard InChI is InChI=1S/C72H57N/c1-70(2)48-71(3,4)66-47-64-63(46-65(66)70)62-33-19-32-61(69(62)72(64,56-27-13-7-14-28-56)57-29-15-8-16-30-57)53-37-35-50(36-38-53)51-39-42-58(43-40-51)73(59-44-41-49-21-17-18-26-55(49)45-59)67-34-20-31-60(52-22-9-5-10-23-52)68(67)54-24-11-6-12-25-54/h5-47H,48H2,1-4H3. The van der Waals surface area contributed by atoms with Gasteiger partial charge in [-0.2, -0.15) is 0 Å². The third-order valence-electron chi connectivity index (χ3n) is 16.1. The van der Waals surface area contributed by atoms with E-state index >= 15 is 0 Å². The minimum Gasteiger partial charge on any atom is -0.310 e. The predicted octanol–water partition coefficient (Wildman–Crippen LogP) is 19.3. The van der Waals surface area contributed by atoms with Crippen molar-refractivity contribution in [2.45, 2.75) is 50.4 Å². The highest BCUT2D eigenvalue weighted by atomic mass is 15.1. The molecule has 0 radical (unpaired) electrons. The van der Waals surface area contributed by atoms with E-state index < -0.39 is 5.41 Å². The molecule has 0 bridgehead atoms. The van der Waals surface area contributed by atoms with Crippen LogP contribution in [0.5, 0.6) is 0 Å². The van der Waals surface area contributed by atoms with Crippen LogP contribution in [0.2, 0.25) is 0 Å². The van der Waals surface area contributed by atoms with Crippen molar-refractivity contribution < 1.29 is 0 Å². The first kappa shape index (κ1) is 44.4. The number of anilines is 3. The highest BCUT2D eigenvalue weighted by Crippen LogP contribution is 2.62. The molecule has 73 heavy (non-hydrogen) atoms. The molecule has 11 aromatic carbocycles. The minimum absolute atomic E-state index is 0.0614. The summed E-state index contributed by atoms with van der Waals surface area (Å²) in [4.78, 5) is 2.43. The third kappa shape index (κ3) is 7.29. The molecule has 1 heteroatoms. The van der Waals surface area contributed by atoms with Gasteiger partial charge in [0.05, 0.1) is 11.1 Å². The molecule has 2 aliphatic rings. The van der Waals surface area contributed by atoms with Gasteiger partial charge in [-0.25, -0.2) is 0 Å². The van der Waals surface area contributed by atoms with E-state index in [0.717, 1.165) is 23.5 Å². The second-order valence-electron chi connectivity index (χ2n) is 21.5. The van der Waals surface area contributed by atoms with Gasteiger partial charge >= 0.3 is 0 Å². The lowest BCUT2D eigenvalue weighted by molar-refractivity contribution is 0.403. The number of nitrogens with zero attached hydrogens (tertiary/aromatic N) is 1. The molecule has 0 amide bonds. The second-order valence-corrected chi connectivity index (χ2v) is 21.5. The van der Waals surface area contributed by atoms with Gasteiger partial charge in [-0.05, 0) is 148 Å². The average molecular weight is 936 g/mol. The van der Waals surface area contributed by atoms with E-state index in [1.54, 1.807) is 0 Å². The summed E-state index contributed by atoms with van der Waals surface area (Å²) in [7, 11) is 0. The van der Waals surface area contributed by atoms with Crippen LogP contribution in [-0.4, -0.2) is 0 Å². The Labute approximate surface area is 430 Å². The van der Waals surface area contributed by atoms with Crippen molar-refractivity contribution in [1.82, 2.24) is 0 Å². The van der Waals surface area contributed by atoms with Crippen molar-refractivity contribution in [2.75, 3.05) is 4.90 Å². The molecule has 13 rings (SSSR count). The lowest BCUT2D eigenvalue weighted by atomic mass is 9.65. The van der Waals surface area contributed by atoms with E-state index in [2.05, 4.69) is 293 Å². The van der Waals surface area contributed by atoms with Crippen molar-refractivity contribution >= 4 is 27.8 Å². The van der Waals surface area contributed by atoms with Crippen molar-refractivity contribution in [3.05, 3.63) is 294 Å². The Morgan fingerprint density at radius 2 is 0.795 bits per heavy atom. The Morgan fingerprint density at radius 1 is 0.315 bits per heavy atom. The molecule has 0 fully saturated rings.